The maximum atomic E-state index is 5.20. The van der Waals surface area contributed by atoms with Crippen LogP contribution in [0.3, 0.4) is 0 Å². The van der Waals surface area contributed by atoms with Gasteiger partial charge in [0.05, 0.1) is 6.61 Å². The van der Waals surface area contributed by atoms with Gasteiger partial charge in [0, 0.05) is 12.6 Å². The van der Waals surface area contributed by atoms with Crippen molar-refractivity contribution in [3.05, 3.63) is 0 Å². The van der Waals surface area contributed by atoms with Gasteiger partial charge < -0.3 is 9.64 Å². The van der Waals surface area contributed by atoms with E-state index in [2.05, 4.69) is 24.2 Å². The molecule has 0 aromatic heterocycles. The Kier molecular flexibility index (Phi) is 3.12. The van der Waals surface area contributed by atoms with Crippen molar-refractivity contribution in [3.63, 3.8) is 0 Å². The Hall–Kier alpha value is -0.120. The molecule has 1 fully saturated rings. The summed E-state index contributed by atoms with van der Waals surface area (Å²) in [7, 11) is 2.11. The first-order valence-electron chi connectivity index (χ1n) is 3.76. The van der Waals surface area contributed by atoms with Gasteiger partial charge in [-0.05, 0) is 13.6 Å². The zero-order chi connectivity index (χ0) is 7.40. The predicted molar refractivity (Wildman–Crippen MR) is 39.9 cm³/mol. The molecule has 1 aliphatic heterocycles. The molecule has 0 spiro atoms. The van der Waals surface area contributed by atoms with E-state index in [9.17, 15) is 0 Å². The second-order valence-electron chi connectivity index (χ2n) is 2.63. The maximum absolute atomic E-state index is 5.20. The highest BCUT2D eigenvalue weighted by molar-refractivity contribution is 4.71. The van der Waals surface area contributed by atoms with Crippen molar-refractivity contribution in [2.24, 2.45) is 0 Å². The van der Waals surface area contributed by atoms with Crippen LogP contribution in [0.4, 0.5) is 0 Å². The molecule has 1 rings (SSSR count). The Morgan fingerprint density at radius 1 is 1.70 bits per heavy atom. The Morgan fingerprint density at radius 3 is 3.00 bits per heavy atom. The molecule has 1 unspecified atom stereocenters. The van der Waals surface area contributed by atoms with Crippen LogP contribution in [-0.4, -0.2) is 44.4 Å². The molecule has 0 N–H and O–H groups in total. The molecule has 1 saturated heterocycles. The van der Waals surface area contributed by atoms with E-state index in [0.29, 0.717) is 12.8 Å². The van der Waals surface area contributed by atoms with Crippen molar-refractivity contribution in [1.29, 1.82) is 0 Å². The molecule has 59 valence electrons. The largest absolute Gasteiger partial charge is 0.363 e. The molecular formula is C7H15N2O. The van der Waals surface area contributed by atoms with Crippen LogP contribution in [0.25, 0.3) is 0 Å². The molecule has 1 atom stereocenters. The number of hydrogen-bond donors (Lipinski definition) is 0. The van der Waals surface area contributed by atoms with Crippen molar-refractivity contribution in [3.8, 4) is 0 Å². The van der Waals surface area contributed by atoms with Crippen molar-refractivity contribution in [1.82, 2.24) is 10.2 Å². The van der Waals surface area contributed by atoms with Gasteiger partial charge in [0.2, 0.25) is 0 Å². The smallest absolute Gasteiger partial charge is 0.112 e. The molecule has 1 aliphatic rings. The molecule has 10 heavy (non-hydrogen) atoms. The Labute approximate surface area is 62.3 Å². The third-order valence-electron chi connectivity index (χ3n) is 1.95. The van der Waals surface area contributed by atoms with Crippen LogP contribution in [0.1, 0.15) is 6.92 Å². The first kappa shape index (κ1) is 7.98. The molecule has 0 aromatic rings. The summed E-state index contributed by atoms with van der Waals surface area (Å²) in [6, 6.07) is 0.513. The van der Waals surface area contributed by atoms with Crippen molar-refractivity contribution in [2.75, 3.05) is 33.5 Å². The zero-order valence-corrected chi connectivity index (χ0v) is 6.71. The minimum Gasteiger partial charge on any atom is -0.363 e. The lowest BCUT2D eigenvalue weighted by Crippen LogP contribution is -2.45. The molecule has 0 bridgehead atoms. The summed E-state index contributed by atoms with van der Waals surface area (Å²) in [6.45, 7) is 5.59. The molecule has 0 aromatic carbocycles. The highest BCUT2D eigenvalue weighted by atomic mass is 16.5. The van der Waals surface area contributed by atoms with E-state index in [-0.39, 0.29) is 0 Å². The monoisotopic (exact) mass is 143 g/mol. The van der Waals surface area contributed by atoms with Crippen molar-refractivity contribution in [2.45, 2.75) is 13.0 Å². The minimum atomic E-state index is 0.513. The number of nitrogens with zero attached hydrogens (tertiary/aromatic N) is 2. The van der Waals surface area contributed by atoms with E-state index in [1.54, 1.807) is 0 Å². The highest BCUT2D eigenvalue weighted by Gasteiger charge is 2.16. The van der Waals surface area contributed by atoms with Crippen molar-refractivity contribution < 1.29 is 4.74 Å². The third kappa shape index (κ3) is 1.94. The molecule has 0 amide bonds. The Morgan fingerprint density at radius 2 is 2.50 bits per heavy atom. The summed E-state index contributed by atoms with van der Waals surface area (Å²) in [4.78, 5) is 2.27. The van der Waals surface area contributed by atoms with Crippen LogP contribution >= 0.6 is 0 Å². The Balaban J connectivity index is 2.24. The molecular weight excluding hydrogens is 128 g/mol. The first-order chi connectivity index (χ1) is 4.84. The van der Waals surface area contributed by atoms with Gasteiger partial charge in [-0.3, -0.25) is 0 Å². The van der Waals surface area contributed by atoms with E-state index < -0.39 is 0 Å². The van der Waals surface area contributed by atoms with E-state index in [1.165, 1.54) is 0 Å². The average Bonchev–Trinajstić information content (AvgIpc) is 2.05. The number of likely N-dealkylation sites (N-methyl/N-ethyl adjacent to an activating group) is 1. The minimum absolute atomic E-state index is 0.513. The summed E-state index contributed by atoms with van der Waals surface area (Å²) in [5.41, 5.74) is 0. The number of ether oxygens (including phenoxy) is 1. The quantitative estimate of drug-likeness (QED) is 0.539. The maximum Gasteiger partial charge on any atom is 0.112 e. The average molecular weight is 143 g/mol. The third-order valence-corrected chi connectivity index (χ3v) is 1.95. The summed E-state index contributed by atoms with van der Waals surface area (Å²) in [6.07, 6.45) is 0. The second-order valence-corrected chi connectivity index (χ2v) is 2.63. The lowest BCUT2D eigenvalue weighted by atomic mass is 10.2. The SMILES string of the molecule is CCN(C)C1C[N]COC1. The first-order valence-corrected chi connectivity index (χ1v) is 3.76. The van der Waals surface area contributed by atoms with E-state index in [1.807, 2.05) is 0 Å². The van der Waals surface area contributed by atoms with Crippen LogP contribution < -0.4 is 5.32 Å². The number of rotatable bonds is 2. The topological polar surface area (TPSA) is 26.6 Å². The molecule has 1 radical (unpaired) electrons. The lowest BCUT2D eigenvalue weighted by molar-refractivity contribution is 0.0209. The second kappa shape index (κ2) is 3.91. The van der Waals surface area contributed by atoms with Crippen LogP contribution in [0.5, 0.6) is 0 Å². The highest BCUT2D eigenvalue weighted by Crippen LogP contribution is 1.99. The lowest BCUT2D eigenvalue weighted by Gasteiger charge is -2.29. The summed E-state index contributed by atoms with van der Waals surface area (Å²) < 4.78 is 5.20. The van der Waals surface area contributed by atoms with E-state index in [0.717, 1.165) is 19.7 Å². The summed E-state index contributed by atoms with van der Waals surface area (Å²) in [5, 5.41) is 4.16. The van der Waals surface area contributed by atoms with Gasteiger partial charge in [0.15, 0.2) is 0 Å². The van der Waals surface area contributed by atoms with E-state index >= 15 is 0 Å². The Bertz CT molecular complexity index is 91.6. The molecule has 0 aliphatic carbocycles. The zero-order valence-electron chi connectivity index (χ0n) is 6.71. The number of hydrogen-bond acceptors (Lipinski definition) is 2. The van der Waals surface area contributed by atoms with E-state index in [4.69, 9.17) is 4.74 Å². The van der Waals surface area contributed by atoms with Gasteiger partial charge in [0.1, 0.15) is 6.73 Å². The van der Waals surface area contributed by atoms with Gasteiger partial charge in [0.25, 0.3) is 0 Å². The van der Waals surface area contributed by atoms with Crippen molar-refractivity contribution >= 4 is 0 Å². The standard InChI is InChI=1S/C7H15N2O/c1-3-9(2)7-4-8-6-10-5-7/h7H,3-6H2,1-2H3. The van der Waals surface area contributed by atoms with Gasteiger partial charge in [-0.15, -0.1) is 0 Å². The fourth-order valence-electron chi connectivity index (χ4n) is 1.03. The fraction of sp³-hybridized carbons (Fsp3) is 1.00. The van der Waals surface area contributed by atoms with Crippen LogP contribution in [0.2, 0.25) is 0 Å². The van der Waals surface area contributed by atoms with Gasteiger partial charge >= 0.3 is 0 Å². The molecule has 3 heteroatoms. The predicted octanol–water partition coefficient (Wildman–Crippen LogP) is -0.101. The van der Waals surface area contributed by atoms with Crippen LogP contribution in [0.15, 0.2) is 0 Å². The summed E-state index contributed by atoms with van der Waals surface area (Å²) >= 11 is 0. The van der Waals surface area contributed by atoms with Gasteiger partial charge in [-0.25, -0.2) is 5.32 Å². The van der Waals surface area contributed by atoms with Crippen LogP contribution in [0, 0.1) is 0 Å². The van der Waals surface area contributed by atoms with Gasteiger partial charge in [-0.1, -0.05) is 6.92 Å². The molecule has 3 nitrogen and oxygen atoms in total. The molecule has 1 heterocycles. The van der Waals surface area contributed by atoms with Crippen LogP contribution in [-0.2, 0) is 4.74 Å². The normalized spacial score (nSPS) is 27.3. The molecule has 0 saturated carbocycles. The van der Waals surface area contributed by atoms with Gasteiger partial charge in [-0.2, -0.15) is 0 Å². The summed E-state index contributed by atoms with van der Waals surface area (Å²) in [5.74, 6) is 0. The fourth-order valence-corrected chi connectivity index (χ4v) is 1.03.